The van der Waals surface area contributed by atoms with Crippen molar-refractivity contribution in [3.05, 3.63) is 99.3 Å². The number of hydrogen-bond acceptors (Lipinski definition) is 4. The fourth-order valence-corrected chi connectivity index (χ4v) is 3.53. The molecule has 1 heterocycles. The van der Waals surface area contributed by atoms with Crippen LogP contribution in [0.3, 0.4) is 0 Å². The Balaban J connectivity index is 1.66. The van der Waals surface area contributed by atoms with Crippen molar-refractivity contribution in [3.8, 4) is 5.88 Å². The Labute approximate surface area is 197 Å². The molecule has 0 radical (unpaired) electrons. The smallest absolute Gasteiger partial charge is 0.311 e. The van der Waals surface area contributed by atoms with Gasteiger partial charge in [0, 0.05) is 14.5 Å². The first-order valence-electron chi connectivity index (χ1n) is 9.60. The lowest BCUT2D eigenvalue weighted by Crippen LogP contribution is -2.26. The number of rotatable bonds is 5. The van der Waals surface area contributed by atoms with Crippen LogP contribution in [0.4, 0.5) is 5.69 Å². The third kappa shape index (κ3) is 4.92. The first-order valence-corrected chi connectivity index (χ1v) is 10.7. The van der Waals surface area contributed by atoms with E-state index < -0.39 is 11.8 Å². The molecule has 0 aliphatic rings. The minimum Gasteiger partial charge on any atom is -0.493 e. The highest BCUT2D eigenvalue weighted by atomic mass is 127. The monoisotopic (exact) mass is 536 g/mol. The second-order valence-electron chi connectivity index (χ2n) is 6.81. The molecule has 0 unspecified atom stereocenters. The molecule has 32 heavy (non-hydrogen) atoms. The fourth-order valence-electron chi connectivity index (χ4n) is 3.04. The summed E-state index contributed by atoms with van der Waals surface area (Å²) in [6, 6.07) is 23.1. The Morgan fingerprint density at radius 1 is 0.969 bits per heavy atom. The Bertz CT molecular complexity index is 1350. The largest absolute Gasteiger partial charge is 0.493 e. The van der Waals surface area contributed by atoms with E-state index in [1.807, 2.05) is 30.3 Å². The van der Waals surface area contributed by atoms with Crippen molar-refractivity contribution in [2.75, 3.05) is 0 Å². The molecule has 8 heteroatoms. The molecule has 0 aliphatic carbocycles. The first kappa shape index (κ1) is 21.4. The van der Waals surface area contributed by atoms with Crippen LogP contribution in [0.1, 0.15) is 15.9 Å². The van der Waals surface area contributed by atoms with Crippen molar-refractivity contribution in [2.24, 2.45) is 10.2 Å². The molecule has 0 bridgehead atoms. The van der Waals surface area contributed by atoms with Crippen molar-refractivity contribution >= 4 is 57.1 Å². The number of aromatic nitrogens is 1. The number of benzene rings is 3. The molecule has 2 amide bonds. The van der Waals surface area contributed by atoms with E-state index in [0.717, 1.165) is 3.57 Å². The predicted octanol–water partition coefficient (Wildman–Crippen LogP) is 5.56. The second kappa shape index (κ2) is 9.56. The highest BCUT2D eigenvalue weighted by Gasteiger charge is 2.16. The number of halogens is 1. The van der Waals surface area contributed by atoms with E-state index in [2.05, 4.69) is 43.1 Å². The maximum Gasteiger partial charge on any atom is 0.311 e. The number of azo groups is 1. The van der Waals surface area contributed by atoms with Crippen LogP contribution in [-0.4, -0.2) is 21.9 Å². The highest BCUT2D eigenvalue weighted by molar-refractivity contribution is 14.1. The number of nitrogens with one attached hydrogen (secondary N) is 2. The number of carbonyl (C=O) groups excluding carboxylic acids is 2. The number of aromatic amines is 1. The zero-order valence-electron chi connectivity index (χ0n) is 16.6. The summed E-state index contributed by atoms with van der Waals surface area (Å²) in [6.45, 7) is 0. The minimum absolute atomic E-state index is 0.0392. The van der Waals surface area contributed by atoms with Crippen LogP contribution in [0.25, 0.3) is 17.0 Å². The zero-order valence-corrected chi connectivity index (χ0v) is 18.8. The van der Waals surface area contributed by atoms with Gasteiger partial charge in [-0.2, -0.15) is 0 Å². The molecule has 3 aromatic carbocycles. The van der Waals surface area contributed by atoms with E-state index >= 15 is 0 Å². The Kier molecular flexibility index (Phi) is 6.41. The maximum atomic E-state index is 12.9. The Morgan fingerprint density at radius 3 is 2.38 bits per heavy atom. The summed E-state index contributed by atoms with van der Waals surface area (Å²) >= 11 is 2.15. The minimum atomic E-state index is -0.752. The summed E-state index contributed by atoms with van der Waals surface area (Å²) in [4.78, 5) is 28.3. The van der Waals surface area contributed by atoms with Crippen LogP contribution in [0.5, 0.6) is 5.88 Å². The molecular weight excluding hydrogens is 519 g/mol. The molecule has 7 nitrogen and oxygen atoms in total. The predicted molar refractivity (Wildman–Crippen MR) is 131 cm³/mol. The van der Waals surface area contributed by atoms with E-state index in [0.29, 0.717) is 22.0 Å². The van der Waals surface area contributed by atoms with Crippen molar-refractivity contribution in [1.29, 1.82) is 0 Å². The number of carbonyl (C=O) groups is 2. The average molecular weight is 536 g/mol. The van der Waals surface area contributed by atoms with Gasteiger partial charge in [0.1, 0.15) is 5.70 Å². The first-order chi connectivity index (χ1) is 15.5. The Morgan fingerprint density at radius 2 is 1.66 bits per heavy atom. The highest BCUT2D eigenvalue weighted by Crippen LogP contribution is 2.36. The van der Waals surface area contributed by atoms with Gasteiger partial charge in [-0.3, -0.25) is 9.59 Å². The second-order valence-corrected chi connectivity index (χ2v) is 8.05. The summed E-state index contributed by atoms with van der Waals surface area (Å²) in [5.41, 5.74) is 1.90. The summed E-state index contributed by atoms with van der Waals surface area (Å²) < 4.78 is 0.941. The molecule has 0 spiro atoms. The van der Waals surface area contributed by atoms with Gasteiger partial charge in [0.25, 0.3) is 5.91 Å². The van der Waals surface area contributed by atoms with Gasteiger partial charge in [0.05, 0.1) is 5.52 Å². The van der Waals surface area contributed by atoms with Crippen LogP contribution in [0, 0.1) is 3.57 Å². The van der Waals surface area contributed by atoms with Crippen molar-refractivity contribution in [2.45, 2.75) is 0 Å². The van der Waals surface area contributed by atoms with Crippen LogP contribution in [0.15, 0.2) is 94.8 Å². The number of nitrogens with zero attached hydrogens (tertiary/aromatic N) is 2. The van der Waals surface area contributed by atoms with Crippen LogP contribution in [0.2, 0.25) is 0 Å². The van der Waals surface area contributed by atoms with Crippen molar-refractivity contribution in [1.82, 2.24) is 10.3 Å². The summed E-state index contributed by atoms with van der Waals surface area (Å²) in [6.07, 6.45) is 1.53. The quantitative estimate of drug-likeness (QED) is 0.177. The van der Waals surface area contributed by atoms with Crippen LogP contribution >= 0.6 is 22.6 Å². The summed E-state index contributed by atoms with van der Waals surface area (Å²) in [5.74, 6) is -1.39. The SMILES string of the molecule is O=C(N=Nc1c(O)[nH]c2ccc(I)cc12)C(=Cc1ccccc1)NC(=O)c1ccccc1. The van der Waals surface area contributed by atoms with E-state index in [9.17, 15) is 14.7 Å². The standard InChI is InChI=1S/C24H17IN4O3/c25-17-11-12-19-18(14-17)21(24(32)26-19)28-29-23(31)20(13-15-7-3-1-4-8-15)27-22(30)16-9-5-2-6-10-16/h1-14,26,32H,(H,27,30). The molecule has 158 valence electrons. The number of amides is 2. The van der Waals surface area contributed by atoms with Crippen molar-refractivity contribution in [3.63, 3.8) is 0 Å². The topological polar surface area (TPSA) is 107 Å². The molecule has 0 atom stereocenters. The van der Waals surface area contributed by atoms with Gasteiger partial charge >= 0.3 is 5.91 Å². The number of aromatic hydroxyl groups is 1. The molecule has 3 N–H and O–H groups in total. The number of fused-ring (bicyclic) bond motifs is 1. The van der Waals surface area contributed by atoms with Gasteiger partial charge in [0.2, 0.25) is 5.88 Å². The van der Waals surface area contributed by atoms with Crippen LogP contribution in [-0.2, 0) is 4.79 Å². The zero-order chi connectivity index (χ0) is 22.5. The lowest BCUT2D eigenvalue weighted by Gasteiger charge is -2.07. The molecule has 1 aromatic heterocycles. The number of hydrogen-bond donors (Lipinski definition) is 3. The molecule has 4 aromatic rings. The summed E-state index contributed by atoms with van der Waals surface area (Å²) in [5, 5.41) is 21.2. The van der Waals surface area contributed by atoms with E-state index in [4.69, 9.17) is 0 Å². The van der Waals surface area contributed by atoms with Gasteiger partial charge in [-0.25, -0.2) is 0 Å². The van der Waals surface area contributed by atoms with E-state index in [1.54, 1.807) is 48.5 Å². The fraction of sp³-hybridized carbons (Fsp3) is 0. The maximum absolute atomic E-state index is 12.9. The molecule has 0 aliphatic heterocycles. The summed E-state index contributed by atoms with van der Waals surface area (Å²) in [7, 11) is 0. The van der Waals surface area contributed by atoms with Crippen LogP contribution < -0.4 is 5.32 Å². The van der Waals surface area contributed by atoms with Gasteiger partial charge in [-0.1, -0.05) is 48.5 Å². The molecule has 0 saturated carbocycles. The lowest BCUT2D eigenvalue weighted by molar-refractivity contribution is -0.115. The molecule has 4 rings (SSSR count). The van der Waals surface area contributed by atoms with E-state index in [1.165, 1.54) is 6.08 Å². The van der Waals surface area contributed by atoms with Gasteiger partial charge in [-0.15, -0.1) is 10.2 Å². The average Bonchev–Trinajstić information content (AvgIpc) is 3.12. The van der Waals surface area contributed by atoms with Gasteiger partial charge in [-0.05, 0) is 64.6 Å². The van der Waals surface area contributed by atoms with Crippen molar-refractivity contribution < 1.29 is 14.7 Å². The lowest BCUT2D eigenvalue weighted by atomic mass is 10.1. The third-order valence-electron chi connectivity index (χ3n) is 4.58. The third-order valence-corrected chi connectivity index (χ3v) is 5.25. The molecular formula is C24H17IN4O3. The molecule has 0 saturated heterocycles. The van der Waals surface area contributed by atoms with Gasteiger partial charge in [0.15, 0.2) is 5.69 Å². The normalized spacial score (nSPS) is 11.7. The van der Waals surface area contributed by atoms with Gasteiger partial charge < -0.3 is 15.4 Å². The Hall–Kier alpha value is -3.79. The van der Waals surface area contributed by atoms with E-state index in [-0.39, 0.29) is 17.3 Å². The molecule has 0 fully saturated rings. The number of H-pyrrole nitrogens is 1.